The topological polar surface area (TPSA) is 44.8 Å². The molecule has 0 aromatic rings. The van der Waals surface area contributed by atoms with E-state index in [1.165, 1.54) is 38.8 Å². The highest BCUT2D eigenvalue weighted by Gasteiger charge is 2.55. The minimum atomic E-state index is -0.400. The van der Waals surface area contributed by atoms with E-state index < -0.39 is 5.60 Å². The van der Waals surface area contributed by atoms with E-state index in [9.17, 15) is 4.79 Å². The number of piperidine rings is 1. The van der Waals surface area contributed by atoms with Crippen molar-refractivity contribution in [1.82, 2.24) is 15.1 Å². The molecule has 130 valence electrons. The van der Waals surface area contributed by atoms with Gasteiger partial charge < -0.3 is 19.9 Å². The summed E-state index contributed by atoms with van der Waals surface area (Å²) in [6.07, 6.45) is 6.37. The van der Waals surface area contributed by atoms with E-state index in [2.05, 4.69) is 10.2 Å². The van der Waals surface area contributed by atoms with Crippen molar-refractivity contribution in [3.63, 3.8) is 0 Å². The number of nitrogens with one attached hydrogen (secondary N) is 1. The minimum Gasteiger partial charge on any atom is -0.444 e. The third-order valence-corrected chi connectivity index (χ3v) is 5.95. The first-order chi connectivity index (χ1) is 10.9. The Morgan fingerprint density at radius 1 is 1.13 bits per heavy atom. The lowest BCUT2D eigenvalue weighted by atomic mass is 9.79. The van der Waals surface area contributed by atoms with Crippen LogP contribution < -0.4 is 5.32 Å². The molecule has 1 N–H and O–H groups in total. The number of rotatable bonds is 3. The quantitative estimate of drug-likeness (QED) is 0.866. The molecule has 3 aliphatic heterocycles. The molecule has 2 aliphatic carbocycles. The number of amides is 1. The molecule has 5 nitrogen and oxygen atoms in total. The van der Waals surface area contributed by atoms with Crippen LogP contribution in [0.3, 0.4) is 0 Å². The van der Waals surface area contributed by atoms with Gasteiger partial charge in [0, 0.05) is 24.7 Å². The van der Waals surface area contributed by atoms with E-state index in [-0.39, 0.29) is 6.09 Å². The first-order valence-corrected chi connectivity index (χ1v) is 9.40. The monoisotopic (exact) mass is 321 g/mol. The van der Waals surface area contributed by atoms with Crippen molar-refractivity contribution in [3.05, 3.63) is 0 Å². The Balaban J connectivity index is 1.26. The van der Waals surface area contributed by atoms with Crippen LogP contribution in [-0.4, -0.2) is 65.3 Å². The van der Waals surface area contributed by atoms with E-state index in [1.54, 1.807) is 0 Å². The number of likely N-dealkylation sites (tertiary alicyclic amines) is 1. The van der Waals surface area contributed by atoms with Crippen molar-refractivity contribution >= 4 is 6.09 Å². The molecule has 1 amide bonds. The molecule has 5 fully saturated rings. The van der Waals surface area contributed by atoms with Crippen LogP contribution in [0, 0.1) is 5.92 Å². The van der Waals surface area contributed by atoms with E-state index in [4.69, 9.17) is 4.74 Å². The normalized spacial score (nSPS) is 35.3. The highest BCUT2D eigenvalue weighted by atomic mass is 16.6. The van der Waals surface area contributed by atoms with Crippen LogP contribution in [0.5, 0.6) is 0 Å². The van der Waals surface area contributed by atoms with Gasteiger partial charge in [-0.1, -0.05) is 0 Å². The zero-order valence-corrected chi connectivity index (χ0v) is 14.8. The standard InChI is InChI=1S/C18H31N3O2/c1-18(2,3)23-17(22)21-11-12-10-15(21)16(12)19-13-6-8-20(9-7-13)14-4-5-14/h12-16,19H,4-11H2,1-3H3. The molecule has 0 spiro atoms. The van der Waals surface area contributed by atoms with E-state index >= 15 is 0 Å². The van der Waals surface area contributed by atoms with Crippen LogP contribution in [0.4, 0.5) is 4.79 Å². The Bertz CT molecular complexity index is 463. The highest BCUT2D eigenvalue weighted by molar-refractivity contribution is 5.70. The van der Waals surface area contributed by atoms with Crippen molar-refractivity contribution in [3.8, 4) is 0 Å². The lowest BCUT2D eigenvalue weighted by molar-refractivity contribution is 0.0215. The maximum absolute atomic E-state index is 12.3. The second kappa shape index (κ2) is 5.62. The van der Waals surface area contributed by atoms with Gasteiger partial charge in [0.15, 0.2) is 0 Å². The van der Waals surface area contributed by atoms with Gasteiger partial charge in [0.2, 0.25) is 0 Å². The predicted octanol–water partition coefficient (Wildman–Crippen LogP) is 2.21. The second-order valence-electron chi connectivity index (χ2n) is 8.93. The van der Waals surface area contributed by atoms with Crippen LogP contribution in [0.2, 0.25) is 0 Å². The molecule has 5 aliphatic rings. The Morgan fingerprint density at radius 2 is 1.83 bits per heavy atom. The Hall–Kier alpha value is -0.810. The molecule has 2 saturated carbocycles. The minimum absolute atomic E-state index is 0.127. The summed E-state index contributed by atoms with van der Waals surface area (Å²) >= 11 is 0. The lowest BCUT2D eigenvalue weighted by Crippen LogP contribution is -2.58. The maximum atomic E-state index is 12.3. The third-order valence-electron chi connectivity index (χ3n) is 5.95. The molecule has 3 saturated heterocycles. The molecule has 5 heteroatoms. The maximum Gasteiger partial charge on any atom is 0.410 e. The van der Waals surface area contributed by atoms with Gasteiger partial charge in [-0.3, -0.25) is 0 Å². The summed E-state index contributed by atoms with van der Waals surface area (Å²) in [5, 5.41) is 3.87. The summed E-state index contributed by atoms with van der Waals surface area (Å²) in [5.74, 6) is 0.633. The number of fused-ring (bicyclic) bond motifs is 1. The van der Waals surface area contributed by atoms with Crippen molar-refractivity contribution in [2.24, 2.45) is 5.92 Å². The van der Waals surface area contributed by atoms with Crippen LogP contribution in [-0.2, 0) is 4.74 Å². The number of hydrogen-bond donors (Lipinski definition) is 1. The van der Waals surface area contributed by atoms with Gasteiger partial charge in [-0.2, -0.15) is 0 Å². The number of carbonyl (C=O) groups excluding carboxylic acids is 1. The predicted molar refractivity (Wildman–Crippen MR) is 89.4 cm³/mol. The summed E-state index contributed by atoms with van der Waals surface area (Å²) in [6, 6.07) is 2.40. The Morgan fingerprint density at radius 3 is 2.43 bits per heavy atom. The fourth-order valence-electron chi connectivity index (χ4n) is 4.54. The SMILES string of the molecule is CC(C)(C)OC(=O)N1CC2CC1C2NC1CCN(C2CC2)CC1. The smallest absolute Gasteiger partial charge is 0.410 e. The van der Waals surface area contributed by atoms with Crippen molar-refractivity contribution in [2.75, 3.05) is 19.6 Å². The van der Waals surface area contributed by atoms with Crippen molar-refractivity contribution < 1.29 is 9.53 Å². The summed E-state index contributed by atoms with van der Waals surface area (Å²) in [4.78, 5) is 17.0. The van der Waals surface area contributed by atoms with E-state index in [0.717, 1.165) is 19.0 Å². The zero-order chi connectivity index (χ0) is 16.2. The Labute approximate surface area is 139 Å². The first-order valence-electron chi connectivity index (χ1n) is 9.40. The molecular weight excluding hydrogens is 290 g/mol. The fraction of sp³-hybridized carbons (Fsp3) is 0.944. The number of carbonyl (C=O) groups is 1. The summed E-state index contributed by atoms with van der Waals surface area (Å²) in [6.45, 7) is 9.19. The number of hydrogen-bond acceptors (Lipinski definition) is 4. The molecule has 3 atom stereocenters. The molecule has 3 heterocycles. The van der Waals surface area contributed by atoms with Gasteiger partial charge in [0.05, 0.1) is 6.04 Å². The van der Waals surface area contributed by atoms with Gasteiger partial charge in [-0.05, 0) is 71.9 Å². The van der Waals surface area contributed by atoms with E-state index in [0.29, 0.717) is 24.0 Å². The van der Waals surface area contributed by atoms with Gasteiger partial charge in [0.1, 0.15) is 5.60 Å². The van der Waals surface area contributed by atoms with Crippen LogP contribution in [0.25, 0.3) is 0 Å². The van der Waals surface area contributed by atoms with E-state index in [1.807, 2.05) is 25.7 Å². The average molecular weight is 321 g/mol. The Kier molecular flexibility index (Phi) is 3.84. The highest BCUT2D eigenvalue weighted by Crippen LogP contribution is 2.42. The van der Waals surface area contributed by atoms with Crippen LogP contribution in [0.1, 0.15) is 52.9 Å². The molecule has 0 aromatic heterocycles. The molecule has 0 aromatic carbocycles. The average Bonchev–Trinajstić information content (AvgIpc) is 3.12. The lowest BCUT2D eigenvalue weighted by Gasteiger charge is -2.42. The zero-order valence-electron chi connectivity index (χ0n) is 14.8. The van der Waals surface area contributed by atoms with Crippen molar-refractivity contribution in [2.45, 2.75) is 82.6 Å². The summed E-state index contributed by atoms with van der Waals surface area (Å²) < 4.78 is 5.56. The largest absolute Gasteiger partial charge is 0.444 e. The molecular formula is C18H31N3O2. The first kappa shape index (κ1) is 15.7. The molecule has 23 heavy (non-hydrogen) atoms. The third kappa shape index (κ3) is 3.22. The molecule has 0 radical (unpaired) electrons. The second-order valence-corrected chi connectivity index (χ2v) is 8.93. The van der Waals surface area contributed by atoms with Gasteiger partial charge >= 0.3 is 6.09 Å². The summed E-state index contributed by atoms with van der Waals surface area (Å²) in [7, 11) is 0. The van der Waals surface area contributed by atoms with Crippen LogP contribution >= 0.6 is 0 Å². The molecule has 2 bridgehead atoms. The fourth-order valence-corrected chi connectivity index (χ4v) is 4.54. The van der Waals surface area contributed by atoms with Gasteiger partial charge in [-0.15, -0.1) is 0 Å². The number of nitrogens with zero attached hydrogens (tertiary/aromatic N) is 2. The molecule has 3 unspecified atom stereocenters. The molecule has 5 rings (SSSR count). The van der Waals surface area contributed by atoms with Crippen molar-refractivity contribution in [1.29, 1.82) is 0 Å². The number of ether oxygens (including phenoxy) is 1. The van der Waals surface area contributed by atoms with Crippen LogP contribution in [0.15, 0.2) is 0 Å². The van der Waals surface area contributed by atoms with Gasteiger partial charge in [0.25, 0.3) is 0 Å². The summed E-state index contributed by atoms with van der Waals surface area (Å²) in [5.41, 5.74) is -0.400. The van der Waals surface area contributed by atoms with Gasteiger partial charge in [-0.25, -0.2) is 4.79 Å².